The second-order valence-electron chi connectivity index (χ2n) is 3.98. The van der Waals surface area contributed by atoms with Crippen molar-refractivity contribution in [3.05, 3.63) is 47.5 Å². The van der Waals surface area contributed by atoms with E-state index in [1.807, 2.05) is 11.8 Å². The molecular formula is C13H13NS. The van der Waals surface area contributed by atoms with E-state index in [0.717, 1.165) is 11.5 Å². The number of thioether (sulfide) groups is 1. The molecule has 0 amide bonds. The Morgan fingerprint density at radius 2 is 2.00 bits per heavy atom. The molecule has 76 valence electrons. The summed E-state index contributed by atoms with van der Waals surface area (Å²) in [6, 6.07) is 13.2. The van der Waals surface area contributed by atoms with Crippen LogP contribution in [0.25, 0.3) is 10.8 Å². The monoisotopic (exact) mass is 215 g/mol. The summed E-state index contributed by atoms with van der Waals surface area (Å²) >= 11 is 1.94. The van der Waals surface area contributed by atoms with Gasteiger partial charge >= 0.3 is 0 Å². The average molecular weight is 215 g/mol. The van der Waals surface area contributed by atoms with Crippen LogP contribution in [0.3, 0.4) is 0 Å². The molecule has 1 nitrogen and oxygen atoms in total. The fraction of sp³-hybridized carbons (Fsp3) is 0.231. The van der Waals surface area contributed by atoms with Gasteiger partial charge in [0.1, 0.15) is 0 Å². The van der Waals surface area contributed by atoms with E-state index in [9.17, 15) is 0 Å². The van der Waals surface area contributed by atoms with Crippen molar-refractivity contribution < 1.29 is 0 Å². The Morgan fingerprint density at radius 1 is 1.13 bits per heavy atom. The van der Waals surface area contributed by atoms with Gasteiger partial charge in [-0.2, -0.15) is 11.8 Å². The zero-order valence-electron chi connectivity index (χ0n) is 8.44. The van der Waals surface area contributed by atoms with E-state index in [-0.39, 0.29) is 6.04 Å². The molecule has 3 rings (SSSR count). The van der Waals surface area contributed by atoms with Crippen molar-refractivity contribution >= 4 is 22.5 Å². The lowest BCUT2D eigenvalue weighted by molar-refractivity contribution is 0.813. The number of fused-ring (bicyclic) bond motifs is 3. The first-order valence-electron chi connectivity index (χ1n) is 5.20. The van der Waals surface area contributed by atoms with Crippen LogP contribution in [0.1, 0.15) is 17.2 Å². The highest BCUT2D eigenvalue weighted by Crippen LogP contribution is 2.34. The van der Waals surface area contributed by atoms with Crippen molar-refractivity contribution in [2.45, 2.75) is 11.8 Å². The lowest BCUT2D eigenvalue weighted by atomic mass is 9.96. The van der Waals surface area contributed by atoms with Crippen LogP contribution in [0.2, 0.25) is 0 Å². The first-order chi connectivity index (χ1) is 7.36. The normalized spacial score (nSPS) is 20.2. The topological polar surface area (TPSA) is 26.0 Å². The van der Waals surface area contributed by atoms with Crippen LogP contribution in [0.4, 0.5) is 0 Å². The molecule has 0 bridgehead atoms. The van der Waals surface area contributed by atoms with Crippen molar-refractivity contribution in [3.8, 4) is 0 Å². The van der Waals surface area contributed by atoms with E-state index in [2.05, 4.69) is 36.4 Å². The van der Waals surface area contributed by atoms with E-state index in [4.69, 9.17) is 5.73 Å². The van der Waals surface area contributed by atoms with Crippen LogP contribution in [-0.4, -0.2) is 5.75 Å². The third-order valence-electron chi connectivity index (χ3n) is 3.02. The van der Waals surface area contributed by atoms with E-state index >= 15 is 0 Å². The predicted octanol–water partition coefficient (Wildman–Crippen LogP) is 3.09. The van der Waals surface area contributed by atoms with Crippen molar-refractivity contribution in [2.75, 3.05) is 5.75 Å². The fourth-order valence-electron chi connectivity index (χ4n) is 2.24. The van der Waals surface area contributed by atoms with E-state index in [1.54, 1.807) is 0 Å². The first-order valence-corrected chi connectivity index (χ1v) is 6.35. The highest BCUT2D eigenvalue weighted by atomic mass is 32.2. The molecule has 0 aliphatic carbocycles. The van der Waals surface area contributed by atoms with Gasteiger partial charge in [-0.25, -0.2) is 0 Å². The molecule has 2 heteroatoms. The minimum atomic E-state index is 0.211. The Hall–Kier alpha value is -0.990. The maximum atomic E-state index is 6.12. The average Bonchev–Trinajstić information content (AvgIpc) is 2.29. The molecule has 1 heterocycles. The van der Waals surface area contributed by atoms with Crippen LogP contribution in [-0.2, 0) is 5.75 Å². The number of rotatable bonds is 0. The number of hydrogen-bond acceptors (Lipinski definition) is 2. The molecule has 1 aliphatic heterocycles. The molecular weight excluding hydrogens is 202 g/mol. The Balaban J connectivity index is 2.33. The largest absolute Gasteiger partial charge is 0.323 e. The second-order valence-corrected chi connectivity index (χ2v) is 5.01. The van der Waals surface area contributed by atoms with Crippen molar-refractivity contribution in [1.29, 1.82) is 0 Å². The van der Waals surface area contributed by atoms with E-state index in [0.29, 0.717) is 0 Å². The Kier molecular flexibility index (Phi) is 2.19. The molecule has 0 radical (unpaired) electrons. The van der Waals surface area contributed by atoms with Gasteiger partial charge in [0.15, 0.2) is 0 Å². The summed E-state index contributed by atoms with van der Waals surface area (Å²) in [4.78, 5) is 0. The van der Waals surface area contributed by atoms with Gasteiger partial charge in [0.2, 0.25) is 0 Å². The summed E-state index contributed by atoms with van der Waals surface area (Å²) < 4.78 is 0. The highest BCUT2D eigenvalue weighted by molar-refractivity contribution is 7.98. The number of hydrogen-bond donors (Lipinski definition) is 1. The molecule has 1 unspecified atom stereocenters. The molecule has 0 saturated heterocycles. The minimum Gasteiger partial charge on any atom is -0.323 e. The lowest BCUT2D eigenvalue weighted by Crippen LogP contribution is -2.18. The summed E-state index contributed by atoms with van der Waals surface area (Å²) in [5.74, 6) is 2.15. The molecule has 1 aliphatic rings. The van der Waals surface area contributed by atoms with Gasteiger partial charge in [0, 0.05) is 17.5 Å². The summed E-state index contributed by atoms with van der Waals surface area (Å²) in [6.45, 7) is 0. The minimum absolute atomic E-state index is 0.211. The van der Waals surface area contributed by atoms with Gasteiger partial charge in [-0.05, 0) is 21.9 Å². The molecule has 2 N–H and O–H groups in total. The third kappa shape index (κ3) is 1.45. The third-order valence-corrected chi connectivity index (χ3v) is 4.11. The van der Waals surface area contributed by atoms with Gasteiger partial charge < -0.3 is 5.73 Å². The van der Waals surface area contributed by atoms with Crippen molar-refractivity contribution in [3.63, 3.8) is 0 Å². The highest BCUT2D eigenvalue weighted by Gasteiger charge is 2.18. The van der Waals surface area contributed by atoms with Crippen molar-refractivity contribution in [2.24, 2.45) is 5.73 Å². The maximum Gasteiger partial charge on any atom is 0.0390 e. The fourth-order valence-corrected chi connectivity index (χ4v) is 3.32. The van der Waals surface area contributed by atoms with Gasteiger partial charge in [-0.15, -0.1) is 0 Å². The molecule has 0 aromatic heterocycles. The van der Waals surface area contributed by atoms with Crippen LogP contribution >= 0.6 is 11.8 Å². The van der Waals surface area contributed by atoms with Crippen LogP contribution in [0, 0.1) is 0 Å². The van der Waals surface area contributed by atoms with Gasteiger partial charge in [0.25, 0.3) is 0 Å². The molecule has 15 heavy (non-hydrogen) atoms. The summed E-state index contributed by atoms with van der Waals surface area (Å²) in [5, 5.41) is 2.70. The zero-order valence-corrected chi connectivity index (χ0v) is 9.26. The van der Waals surface area contributed by atoms with Crippen LogP contribution in [0.15, 0.2) is 36.4 Å². The first kappa shape index (κ1) is 9.25. The zero-order chi connectivity index (χ0) is 10.3. The van der Waals surface area contributed by atoms with E-state index < -0.39 is 0 Å². The van der Waals surface area contributed by atoms with Crippen LogP contribution in [0.5, 0.6) is 0 Å². The van der Waals surface area contributed by atoms with Gasteiger partial charge in [0.05, 0.1) is 0 Å². The molecule has 0 spiro atoms. The van der Waals surface area contributed by atoms with Gasteiger partial charge in [-0.3, -0.25) is 0 Å². The standard InChI is InChI=1S/C13H13NS/c14-13-8-15-7-12-10-4-2-1-3-9(10)5-6-11(12)13/h1-6,13H,7-8,14H2. The Labute approximate surface area is 93.7 Å². The maximum absolute atomic E-state index is 6.12. The van der Waals surface area contributed by atoms with Gasteiger partial charge in [-0.1, -0.05) is 36.4 Å². The Morgan fingerprint density at radius 3 is 2.93 bits per heavy atom. The smallest absolute Gasteiger partial charge is 0.0390 e. The van der Waals surface area contributed by atoms with Crippen LogP contribution < -0.4 is 5.73 Å². The summed E-state index contributed by atoms with van der Waals surface area (Å²) in [6.07, 6.45) is 0. The molecule has 1 atom stereocenters. The second kappa shape index (κ2) is 3.54. The van der Waals surface area contributed by atoms with E-state index in [1.165, 1.54) is 21.9 Å². The number of nitrogens with two attached hydrogens (primary N) is 1. The predicted molar refractivity (Wildman–Crippen MR) is 67.0 cm³/mol. The quantitative estimate of drug-likeness (QED) is 0.731. The summed E-state index contributed by atoms with van der Waals surface area (Å²) in [5.41, 5.74) is 8.90. The van der Waals surface area contributed by atoms with Crippen molar-refractivity contribution in [1.82, 2.24) is 0 Å². The lowest BCUT2D eigenvalue weighted by Gasteiger charge is -2.23. The molecule has 2 aromatic carbocycles. The number of benzene rings is 2. The molecule has 0 saturated carbocycles. The SMILES string of the molecule is NC1CSCc2c1ccc1ccccc21. The molecule has 0 fully saturated rings. The molecule has 2 aromatic rings. The Bertz CT molecular complexity index is 507. The summed E-state index contributed by atoms with van der Waals surface area (Å²) in [7, 11) is 0.